The second-order valence-corrected chi connectivity index (χ2v) is 18.4. The number of anilines is 3. The summed E-state index contributed by atoms with van der Waals surface area (Å²) in [6.45, 7) is 0. The highest BCUT2D eigenvalue weighted by molar-refractivity contribution is 6.18. The Balaban J connectivity index is 0.817. The molecule has 0 aliphatic rings. The van der Waals surface area contributed by atoms with E-state index in [9.17, 15) is 0 Å². The lowest BCUT2D eigenvalue weighted by Crippen LogP contribution is -2.09. The number of hydrogen-bond acceptors (Lipinski definition) is 2. The molecule has 14 aromatic rings. The van der Waals surface area contributed by atoms with E-state index in [0.717, 1.165) is 72.7 Å². The molecule has 338 valence electrons. The molecular weight excluding hydrogens is 875 g/mol. The van der Waals surface area contributed by atoms with Gasteiger partial charge in [-0.15, -0.1) is 0 Å². The van der Waals surface area contributed by atoms with Crippen LogP contribution in [0.5, 0.6) is 0 Å². The summed E-state index contributed by atoms with van der Waals surface area (Å²) in [5.74, 6) is 0. The van der Waals surface area contributed by atoms with Crippen LogP contribution in [0.2, 0.25) is 0 Å². The number of fused-ring (bicyclic) bond motifs is 8. The minimum Gasteiger partial charge on any atom is -0.311 e. The molecule has 0 unspecified atom stereocenters. The maximum absolute atomic E-state index is 5.10. The van der Waals surface area contributed by atoms with Crippen LogP contribution in [0, 0.1) is 0 Å². The minimum absolute atomic E-state index is 1.01. The van der Waals surface area contributed by atoms with Crippen molar-refractivity contribution in [1.82, 2.24) is 18.9 Å². The molecule has 0 bridgehead atoms. The molecule has 0 N–H and O–H groups in total. The first-order chi connectivity index (χ1) is 35.7. The summed E-state index contributed by atoms with van der Waals surface area (Å²) < 4.78 is 6.86. The molecule has 72 heavy (non-hydrogen) atoms. The van der Waals surface area contributed by atoms with E-state index in [1.54, 1.807) is 0 Å². The van der Waals surface area contributed by atoms with Crippen molar-refractivity contribution in [3.8, 4) is 50.4 Å². The molecule has 3 aromatic heterocycles. The van der Waals surface area contributed by atoms with Gasteiger partial charge in [-0.3, -0.25) is 0 Å². The Labute approximate surface area is 417 Å². The largest absolute Gasteiger partial charge is 0.311 e. The first-order valence-electron chi connectivity index (χ1n) is 24.5. The molecule has 0 saturated heterocycles. The van der Waals surface area contributed by atoms with Crippen LogP contribution in [0.3, 0.4) is 0 Å². The van der Waals surface area contributed by atoms with Crippen LogP contribution in [0.25, 0.3) is 105 Å². The molecule has 5 nitrogen and oxygen atoms in total. The highest BCUT2D eigenvalue weighted by Crippen LogP contribution is 2.41. The number of aromatic nitrogens is 4. The van der Waals surface area contributed by atoms with Crippen molar-refractivity contribution in [1.29, 1.82) is 0 Å². The number of benzene rings is 11. The molecule has 0 spiro atoms. The Morgan fingerprint density at radius 3 is 1.22 bits per heavy atom. The Hall–Kier alpha value is -9.71. The molecule has 0 saturated carbocycles. The van der Waals surface area contributed by atoms with Gasteiger partial charge in [0.1, 0.15) is 0 Å². The van der Waals surface area contributed by atoms with Crippen molar-refractivity contribution in [3.63, 3.8) is 0 Å². The van der Waals surface area contributed by atoms with E-state index in [0.29, 0.717) is 0 Å². The molecule has 3 heterocycles. The third-order valence-electron chi connectivity index (χ3n) is 14.3. The number of nitrogens with zero attached hydrogens (tertiary/aromatic N) is 5. The van der Waals surface area contributed by atoms with Gasteiger partial charge in [0, 0.05) is 55.4 Å². The second kappa shape index (κ2) is 17.1. The van der Waals surface area contributed by atoms with Gasteiger partial charge in [-0.25, -0.2) is 4.68 Å². The zero-order valence-electron chi connectivity index (χ0n) is 39.2. The van der Waals surface area contributed by atoms with Gasteiger partial charge < -0.3 is 14.0 Å². The summed E-state index contributed by atoms with van der Waals surface area (Å²) in [7, 11) is 0. The van der Waals surface area contributed by atoms with Crippen LogP contribution < -0.4 is 4.90 Å². The third-order valence-corrected chi connectivity index (χ3v) is 14.3. The monoisotopic (exact) mass is 919 g/mol. The molecule has 0 fully saturated rings. The lowest BCUT2D eigenvalue weighted by atomic mass is 10.0. The quantitative estimate of drug-likeness (QED) is 0.144. The summed E-state index contributed by atoms with van der Waals surface area (Å²) in [4.78, 5) is 2.34. The summed E-state index contributed by atoms with van der Waals surface area (Å²) in [5, 5.41) is 11.1. The van der Waals surface area contributed by atoms with Crippen molar-refractivity contribution in [2.24, 2.45) is 0 Å². The van der Waals surface area contributed by atoms with E-state index in [4.69, 9.17) is 5.10 Å². The third kappa shape index (κ3) is 6.90. The second-order valence-electron chi connectivity index (χ2n) is 18.4. The Kier molecular flexibility index (Phi) is 9.78. The van der Waals surface area contributed by atoms with Gasteiger partial charge in [0.2, 0.25) is 0 Å². The van der Waals surface area contributed by atoms with Crippen molar-refractivity contribution >= 4 is 71.6 Å². The predicted octanol–water partition coefficient (Wildman–Crippen LogP) is 17.7. The van der Waals surface area contributed by atoms with Gasteiger partial charge in [0.15, 0.2) is 0 Å². The summed E-state index contributed by atoms with van der Waals surface area (Å²) in [6, 6.07) is 96.1. The van der Waals surface area contributed by atoms with Gasteiger partial charge in [0.25, 0.3) is 0 Å². The number of hydrogen-bond donors (Lipinski definition) is 0. The topological polar surface area (TPSA) is 30.9 Å². The van der Waals surface area contributed by atoms with Crippen molar-refractivity contribution < 1.29 is 0 Å². The molecule has 14 rings (SSSR count). The van der Waals surface area contributed by atoms with Crippen LogP contribution in [0.15, 0.2) is 273 Å². The maximum Gasteiger partial charge on any atom is 0.0762 e. The van der Waals surface area contributed by atoms with Crippen molar-refractivity contribution in [2.45, 2.75) is 0 Å². The van der Waals surface area contributed by atoms with Crippen LogP contribution in [-0.2, 0) is 0 Å². The first kappa shape index (κ1) is 41.3. The first-order valence-corrected chi connectivity index (χ1v) is 24.5. The summed E-state index contributed by atoms with van der Waals surface area (Å²) in [5.41, 5.74) is 19.3. The van der Waals surface area contributed by atoms with E-state index >= 15 is 0 Å². The fourth-order valence-corrected chi connectivity index (χ4v) is 10.9. The smallest absolute Gasteiger partial charge is 0.0762 e. The molecule has 0 aliphatic heterocycles. The fraction of sp³-hybridized carbons (Fsp3) is 0. The SMILES string of the molecule is c1ccc(-c2ccc(N(c3ccc(-c4ccccc4)cc3)c3ccc(-c4ccc(-n5c6ccccc6c6ccc(-n7ncc8c7ccc7c9ccccc9n(-c9ccccc9)c78)cc65)cc4)cc3)cc2)cc1. The molecule has 0 aliphatic carbocycles. The van der Waals surface area contributed by atoms with Crippen molar-refractivity contribution in [3.05, 3.63) is 273 Å². The lowest BCUT2D eigenvalue weighted by Gasteiger charge is -2.26. The normalized spacial score (nSPS) is 11.6. The predicted molar refractivity (Wildman–Crippen MR) is 301 cm³/mol. The van der Waals surface area contributed by atoms with Crippen molar-refractivity contribution in [2.75, 3.05) is 4.90 Å². The van der Waals surface area contributed by atoms with E-state index < -0.39 is 0 Å². The van der Waals surface area contributed by atoms with Crippen LogP contribution in [-0.4, -0.2) is 18.9 Å². The Morgan fingerprint density at radius 2 is 0.667 bits per heavy atom. The summed E-state index contributed by atoms with van der Waals surface area (Å²) >= 11 is 0. The van der Waals surface area contributed by atoms with E-state index in [-0.39, 0.29) is 0 Å². The average molecular weight is 920 g/mol. The zero-order chi connectivity index (χ0) is 47.5. The van der Waals surface area contributed by atoms with Gasteiger partial charge in [-0.05, 0) is 130 Å². The lowest BCUT2D eigenvalue weighted by molar-refractivity contribution is 0.911. The summed E-state index contributed by atoms with van der Waals surface area (Å²) in [6.07, 6.45) is 2.03. The van der Waals surface area contributed by atoms with Gasteiger partial charge in [-0.2, -0.15) is 5.10 Å². The van der Waals surface area contributed by atoms with E-state index in [1.165, 1.54) is 49.3 Å². The van der Waals surface area contributed by atoms with Gasteiger partial charge in [-0.1, -0.05) is 170 Å². The van der Waals surface area contributed by atoms with Crippen LogP contribution in [0.4, 0.5) is 17.1 Å². The van der Waals surface area contributed by atoms with Crippen LogP contribution >= 0.6 is 0 Å². The highest BCUT2D eigenvalue weighted by Gasteiger charge is 2.20. The van der Waals surface area contributed by atoms with E-state index in [2.05, 4.69) is 286 Å². The molecule has 11 aromatic carbocycles. The van der Waals surface area contributed by atoms with E-state index in [1.807, 2.05) is 6.20 Å². The zero-order valence-corrected chi connectivity index (χ0v) is 39.2. The average Bonchev–Trinajstić information content (AvgIpc) is 4.15. The molecular formula is C67H45N5. The number of rotatable bonds is 9. The highest BCUT2D eigenvalue weighted by atomic mass is 15.3. The van der Waals surface area contributed by atoms with Gasteiger partial charge >= 0.3 is 0 Å². The van der Waals surface area contributed by atoms with Gasteiger partial charge in [0.05, 0.1) is 39.5 Å². The standard InChI is InChI=1S/C67H45N5/c1-4-14-46(15-5-1)48-24-32-53(33-25-48)69(54-34-26-49(27-35-54)47-16-6-2-7-17-47)55-36-28-50(29-37-55)51-30-38-56(39-31-51)70-63-22-12-10-20-58(63)60-41-40-57(44-66(60)70)72-65-43-42-61-59-21-11-13-23-64(59)71(52-18-8-3-9-19-52)67(61)62(65)45-68-72/h1-45H. The maximum atomic E-state index is 5.10. The van der Waals surface area contributed by atoms with Crippen LogP contribution in [0.1, 0.15) is 0 Å². The molecule has 0 amide bonds. The number of para-hydroxylation sites is 3. The Bertz CT molecular complexity index is 4180. The molecule has 0 atom stereocenters. The fourth-order valence-electron chi connectivity index (χ4n) is 10.9. The Morgan fingerprint density at radius 1 is 0.264 bits per heavy atom. The molecule has 0 radical (unpaired) electrons. The minimum atomic E-state index is 1.01. The molecule has 5 heteroatoms.